The largest absolute Gasteiger partial charge is 0.360 e. The third-order valence-corrected chi connectivity index (χ3v) is 5.95. The first-order chi connectivity index (χ1) is 14.1. The molecule has 0 bridgehead atoms. The van der Waals surface area contributed by atoms with Crippen LogP contribution in [0, 0.1) is 13.8 Å². The molecule has 0 aliphatic rings. The molecular formula is C22H23N5OS. The molecule has 1 amide bonds. The Bertz CT molecular complexity index is 1180. The second-order valence-corrected chi connectivity index (χ2v) is 7.88. The number of rotatable bonds is 6. The van der Waals surface area contributed by atoms with Crippen molar-refractivity contribution in [2.75, 3.05) is 11.1 Å². The Kier molecular flexibility index (Phi) is 5.40. The van der Waals surface area contributed by atoms with Gasteiger partial charge in [-0.2, -0.15) is 0 Å². The fourth-order valence-corrected chi connectivity index (χ4v) is 4.08. The maximum atomic E-state index is 12.4. The molecule has 2 aromatic carbocycles. The molecule has 0 atom stereocenters. The van der Waals surface area contributed by atoms with Crippen molar-refractivity contribution in [3.8, 4) is 11.4 Å². The summed E-state index contributed by atoms with van der Waals surface area (Å²) < 4.78 is 2.05. The predicted octanol–water partition coefficient (Wildman–Crippen LogP) is 4.79. The third-order valence-electron chi connectivity index (χ3n) is 4.99. The van der Waals surface area contributed by atoms with Gasteiger partial charge in [-0.15, -0.1) is 10.2 Å². The number of aryl methyl sites for hydroxylation is 2. The highest BCUT2D eigenvalue weighted by Gasteiger charge is 2.17. The van der Waals surface area contributed by atoms with E-state index in [0.717, 1.165) is 45.2 Å². The zero-order valence-electron chi connectivity index (χ0n) is 16.7. The molecule has 0 aliphatic heterocycles. The van der Waals surface area contributed by atoms with Crippen LogP contribution in [-0.4, -0.2) is 31.4 Å². The van der Waals surface area contributed by atoms with Crippen molar-refractivity contribution in [1.82, 2.24) is 19.7 Å². The lowest BCUT2D eigenvalue weighted by Gasteiger charge is -2.09. The van der Waals surface area contributed by atoms with Gasteiger partial charge in [-0.3, -0.25) is 4.79 Å². The van der Waals surface area contributed by atoms with E-state index in [1.54, 1.807) is 0 Å². The first-order valence-corrected chi connectivity index (χ1v) is 10.5. The van der Waals surface area contributed by atoms with E-state index in [9.17, 15) is 4.79 Å². The Morgan fingerprint density at radius 1 is 1.14 bits per heavy atom. The number of amides is 1. The molecule has 4 rings (SSSR count). The Balaban J connectivity index is 1.49. The fourth-order valence-electron chi connectivity index (χ4n) is 3.28. The summed E-state index contributed by atoms with van der Waals surface area (Å²) in [4.78, 5) is 15.7. The van der Waals surface area contributed by atoms with Gasteiger partial charge in [-0.1, -0.05) is 36.0 Å². The molecule has 7 heteroatoms. The van der Waals surface area contributed by atoms with Crippen molar-refractivity contribution in [2.24, 2.45) is 0 Å². The molecule has 0 spiro atoms. The van der Waals surface area contributed by atoms with Crippen LogP contribution in [0.2, 0.25) is 0 Å². The van der Waals surface area contributed by atoms with Crippen LogP contribution in [0.15, 0.2) is 53.8 Å². The van der Waals surface area contributed by atoms with Crippen LogP contribution >= 0.6 is 11.8 Å². The van der Waals surface area contributed by atoms with E-state index in [2.05, 4.69) is 40.4 Å². The minimum atomic E-state index is -0.0578. The SMILES string of the molecule is CCn1c(SCC(=O)Nc2ccc(C)c(C)c2)nnc1-c1c[nH]c2ccccc12. The lowest BCUT2D eigenvalue weighted by Crippen LogP contribution is -2.14. The number of hydrogen-bond acceptors (Lipinski definition) is 4. The fraction of sp³-hybridized carbons (Fsp3) is 0.227. The second kappa shape index (κ2) is 8.13. The molecule has 0 saturated carbocycles. The van der Waals surface area contributed by atoms with Crippen LogP contribution in [0.25, 0.3) is 22.3 Å². The highest BCUT2D eigenvalue weighted by Crippen LogP contribution is 2.30. The van der Waals surface area contributed by atoms with E-state index in [1.807, 2.05) is 54.1 Å². The number of para-hydroxylation sites is 1. The van der Waals surface area contributed by atoms with Gasteiger partial charge in [0.2, 0.25) is 5.91 Å². The quantitative estimate of drug-likeness (QED) is 0.452. The summed E-state index contributed by atoms with van der Waals surface area (Å²) in [5, 5.41) is 13.5. The molecule has 148 valence electrons. The average molecular weight is 406 g/mol. The van der Waals surface area contributed by atoms with E-state index < -0.39 is 0 Å². The number of hydrogen-bond donors (Lipinski definition) is 2. The van der Waals surface area contributed by atoms with Gasteiger partial charge in [0.25, 0.3) is 0 Å². The van der Waals surface area contributed by atoms with Crippen LogP contribution in [0.1, 0.15) is 18.1 Å². The zero-order valence-corrected chi connectivity index (χ0v) is 17.5. The number of aromatic amines is 1. The van der Waals surface area contributed by atoms with E-state index >= 15 is 0 Å². The van der Waals surface area contributed by atoms with Crippen molar-refractivity contribution in [3.63, 3.8) is 0 Å². The molecule has 2 heterocycles. The smallest absolute Gasteiger partial charge is 0.234 e. The third kappa shape index (κ3) is 3.91. The summed E-state index contributed by atoms with van der Waals surface area (Å²) in [6.45, 7) is 6.87. The Hall–Kier alpha value is -3.06. The summed E-state index contributed by atoms with van der Waals surface area (Å²) in [7, 11) is 0. The lowest BCUT2D eigenvalue weighted by atomic mass is 10.1. The molecule has 0 radical (unpaired) electrons. The summed E-state index contributed by atoms with van der Waals surface area (Å²) in [6.07, 6.45) is 1.96. The van der Waals surface area contributed by atoms with E-state index in [4.69, 9.17) is 0 Å². The summed E-state index contributed by atoms with van der Waals surface area (Å²) in [6, 6.07) is 14.1. The Labute approximate surface area is 173 Å². The number of carbonyl (C=O) groups excluding carboxylic acids is 1. The number of carbonyl (C=O) groups is 1. The summed E-state index contributed by atoms with van der Waals surface area (Å²) in [5.41, 5.74) is 5.26. The number of nitrogens with zero attached hydrogens (tertiary/aromatic N) is 3. The summed E-state index contributed by atoms with van der Waals surface area (Å²) in [5.74, 6) is 1.03. The van der Waals surface area contributed by atoms with E-state index in [0.29, 0.717) is 0 Å². The minimum absolute atomic E-state index is 0.0578. The predicted molar refractivity (Wildman–Crippen MR) is 118 cm³/mol. The molecule has 0 fully saturated rings. The number of nitrogens with one attached hydrogen (secondary N) is 2. The monoisotopic (exact) mass is 405 g/mol. The number of anilines is 1. The summed E-state index contributed by atoms with van der Waals surface area (Å²) >= 11 is 1.40. The number of fused-ring (bicyclic) bond motifs is 1. The van der Waals surface area contributed by atoms with Gasteiger partial charge in [0.1, 0.15) is 0 Å². The van der Waals surface area contributed by atoms with Gasteiger partial charge in [0, 0.05) is 34.9 Å². The van der Waals surface area contributed by atoms with Gasteiger partial charge in [-0.25, -0.2) is 0 Å². The Morgan fingerprint density at radius 3 is 2.76 bits per heavy atom. The van der Waals surface area contributed by atoms with Crippen molar-refractivity contribution in [2.45, 2.75) is 32.5 Å². The topological polar surface area (TPSA) is 75.6 Å². The van der Waals surface area contributed by atoms with Crippen LogP contribution in [0.3, 0.4) is 0 Å². The van der Waals surface area contributed by atoms with Crippen molar-refractivity contribution >= 4 is 34.3 Å². The molecule has 4 aromatic rings. The van der Waals surface area contributed by atoms with Crippen LogP contribution < -0.4 is 5.32 Å². The molecule has 0 aliphatic carbocycles. The van der Waals surface area contributed by atoms with Crippen LogP contribution in [0.5, 0.6) is 0 Å². The maximum Gasteiger partial charge on any atom is 0.234 e. The molecule has 29 heavy (non-hydrogen) atoms. The normalized spacial score (nSPS) is 11.1. The van der Waals surface area contributed by atoms with E-state index in [-0.39, 0.29) is 11.7 Å². The zero-order chi connectivity index (χ0) is 20.4. The van der Waals surface area contributed by atoms with Gasteiger partial charge in [0.05, 0.1) is 5.75 Å². The van der Waals surface area contributed by atoms with Gasteiger partial charge >= 0.3 is 0 Å². The maximum absolute atomic E-state index is 12.4. The van der Waals surface area contributed by atoms with Crippen molar-refractivity contribution in [1.29, 1.82) is 0 Å². The Morgan fingerprint density at radius 2 is 1.97 bits per heavy atom. The number of thioether (sulfide) groups is 1. The van der Waals surface area contributed by atoms with Gasteiger partial charge in [0.15, 0.2) is 11.0 Å². The number of H-pyrrole nitrogens is 1. The minimum Gasteiger partial charge on any atom is -0.360 e. The van der Waals surface area contributed by atoms with Gasteiger partial charge < -0.3 is 14.9 Å². The first kappa shape index (κ1) is 19.3. The van der Waals surface area contributed by atoms with Crippen molar-refractivity contribution < 1.29 is 4.79 Å². The molecular weight excluding hydrogens is 382 g/mol. The van der Waals surface area contributed by atoms with Crippen LogP contribution in [-0.2, 0) is 11.3 Å². The molecule has 0 saturated heterocycles. The number of benzene rings is 2. The lowest BCUT2D eigenvalue weighted by molar-refractivity contribution is -0.113. The highest BCUT2D eigenvalue weighted by molar-refractivity contribution is 7.99. The molecule has 0 unspecified atom stereocenters. The van der Waals surface area contributed by atoms with E-state index in [1.165, 1.54) is 17.3 Å². The average Bonchev–Trinajstić information content (AvgIpc) is 3.32. The first-order valence-electron chi connectivity index (χ1n) is 9.56. The molecule has 6 nitrogen and oxygen atoms in total. The molecule has 2 aromatic heterocycles. The number of aromatic nitrogens is 4. The van der Waals surface area contributed by atoms with Gasteiger partial charge in [-0.05, 0) is 50.1 Å². The van der Waals surface area contributed by atoms with Crippen molar-refractivity contribution in [3.05, 3.63) is 59.8 Å². The molecule has 2 N–H and O–H groups in total. The highest BCUT2D eigenvalue weighted by atomic mass is 32.2. The second-order valence-electron chi connectivity index (χ2n) is 6.93. The standard InChI is InChI=1S/C22H23N5OS/c1-4-27-21(18-12-23-19-8-6-5-7-17(18)19)25-26-22(27)29-13-20(28)24-16-10-9-14(2)15(3)11-16/h5-12,23H,4,13H2,1-3H3,(H,24,28). The van der Waals surface area contributed by atoms with Crippen LogP contribution in [0.4, 0.5) is 5.69 Å².